The van der Waals surface area contributed by atoms with Crippen LogP contribution in [-0.4, -0.2) is 53.7 Å². The first-order chi connectivity index (χ1) is 17.9. The van der Waals surface area contributed by atoms with Crippen molar-refractivity contribution in [3.05, 3.63) is 59.4 Å². The predicted molar refractivity (Wildman–Crippen MR) is 143 cm³/mol. The molecule has 3 rings (SSSR count). The van der Waals surface area contributed by atoms with Crippen LogP contribution in [0.1, 0.15) is 23.9 Å². The van der Waals surface area contributed by atoms with Crippen molar-refractivity contribution >= 4 is 35.3 Å². The van der Waals surface area contributed by atoms with Crippen molar-refractivity contribution in [3.8, 4) is 17.2 Å². The molecule has 0 unspecified atom stereocenters. The van der Waals surface area contributed by atoms with Gasteiger partial charge in [-0.15, -0.1) is 10.2 Å². The van der Waals surface area contributed by atoms with E-state index in [0.29, 0.717) is 40.5 Å². The number of hydrogen-bond donors (Lipinski definition) is 2. The molecule has 0 aliphatic rings. The molecule has 0 saturated heterocycles. The smallest absolute Gasteiger partial charge is 0.244 e. The molecule has 2 aromatic carbocycles. The molecule has 11 heteroatoms. The average molecular weight is 526 g/mol. The van der Waals surface area contributed by atoms with Crippen LogP contribution in [0, 0.1) is 6.92 Å². The van der Waals surface area contributed by atoms with Crippen LogP contribution in [0.3, 0.4) is 0 Å². The summed E-state index contributed by atoms with van der Waals surface area (Å²) >= 11 is 1.27. The van der Waals surface area contributed by atoms with Crippen molar-refractivity contribution in [2.75, 3.05) is 32.4 Å². The van der Waals surface area contributed by atoms with Crippen molar-refractivity contribution < 1.29 is 23.8 Å². The number of aryl methyl sites for hydroxylation is 1. The molecule has 2 N–H and O–H groups in total. The van der Waals surface area contributed by atoms with E-state index in [0.717, 1.165) is 11.1 Å². The zero-order valence-electron chi connectivity index (χ0n) is 21.5. The summed E-state index contributed by atoms with van der Waals surface area (Å²) in [4.78, 5) is 24.9. The molecule has 2 amide bonds. The van der Waals surface area contributed by atoms with Gasteiger partial charge in [-0.2, -0.15) is 0 Å². The van der Waals surface area contributed by atoms with Gasteiger partial charge in [0.25, 0.3) is 0 Å². The molecule has 196 valence electrons. The number of amides is 2. The first-order valence-corrected chi connectivity index (χ1v) is 12.5. The van der Waals surface area contributed by atoms with Gasteiger partial charge in [0.05, 0.1) is 39.3 Å². The van der Waals surface area contributed by atoms with Crippen LogP contribution in [-0.2, 0) is 22.7 Å². The highest BCUT2D eigenvalue weighted by Gasteiger charge is 2.15. The van der Waals surface area contributed by atoms with E-state index >= 15 is 0 Å². The Balaban J connectivity index is 1.55. The summed E-state index contributed by atoms with van der Waals surface area (Å²) < 4.78 is 17.7. The number of nitrogens with one attached hydrogen (secondary N) is 2. The minimum atomic E-state index is -0.277. The van der Waals surface area contributed by atoms with Crippen molar-refractivity contribution in [1.29, 1.82) is 0 Å². The van der Waals surface area contributed by atoms with E-state index in [-0.39, 0.29) is 24.1 Å². The largest absolute Gasteiger partial charge is 0.495 e. The third-order valence-electron chi connectivity index (χ3n) is 5.33. The molecular weight excluding hydrogens is 494 g/mol. The van der Waals surface area contributed by atoms with Gasteiger partial charge in [0.1, 0.15) is 5.75 Å². The molecule has 0 bridgehead atoms. The van der Waals surface area contributed by atoms with Gasteiger partial charge < -0.3 is 29.4 Å². The Kier molecular flexibility index (Phi) is 9.96. The molecule has 0 radical (unpaired) electrons. The lowest BCUT2D eigenvalue weighted by atomic mass is 10.2. The number of carbonyl (C=O) groups excluding carboxylic acids is 2. The standard InChI is InChI=1S/C26H31N5O5S/c1-6-31-23(15-27-24(32)12-9-18-8-11-21(35-4)22(14-18)36-5)29-30-26(31)37-16-25(33)28-19-13-17(2)7-10-20(19)34-3/h7-14H,6,15-16H2,1-5H3,(H,27,32)(H,28,33)/b12-9+. The lowest BCUT2D eigenvalue weighted by Gasteiger charge is -2.11. The fourth-order valence-electron chi connectivity index (χ4n) is 3.46. The number of hydrogen-bond acceptors (Lipinski definition) is 8. The molecule has 1 heterocycles. The second kappa shape index (κ2) is 13.4. The van der Waals surface area contributed by atoms with Gasteiger partial charge in [0.15, 0.2) is 22.5 Å². The number of carbonyl (C=O) groups is 2. The lowest BCUT2D eigenvalue weighted by molar-refractivity contribution is -0.116. The van der Waals surface area contributed by atoms with Crippen molar-refractivity contribution in [2.45, 2.75) is 32.1 Å². The van der Waals surface area contributed by atoms with E-state index in [2.05, 4.69) is 20.8 Å². The number of ether oxygens (including phenoxy) is 3. The molecule has 1 aromatic heterocycles. The van der Waals surface area contributed by atoms with Crippen molar-refractivity contribution in [1.82, 2.24) is 20.1 Å². The minimum absolute atomic E-state index is 0.148. The Morgan fingerprint density at radius 2 is 1.73 bits per heavy atom. The van der Waals surface area contributed by atoms with Gasteiger partial charge in [-0.25, -0.2) is 0 Å². The van der Waals surface area contributed by atoms with Crippen molar-refractivity contribution in [2.24, 2.45) is 0 Å². The van der Waals surface area contributed by atoms with Crippen LogP contribution < -0.4 is 24.8 Å². The van der Waals surface area contributed by atoms with E-state index in [1.165, 1.54) is 17.8 Å². The summed E-state index contributed by atoms with van der Waals surface area (Å²) in [6, 6.07) is 11.0. The zero-order valence-corrected chi connectivity index (χ0v) is 22.3. The minimum Gasteiger partial charge on any atom is -0.495 e. The highest BCUT2D eigenvalue weighted by Crippen LogP contribution is 2.28. The summed E-state index contributed by atoms with van der Waals surface area (Å²) in [7, 11) is 4.69. The average Bonchev–Trinajstić information content (AvgIpc) is 3.31. The quantitative estimate of drug-likeness (QED) is 0.272. The van der Waals surface area contributed by atoms with Crippen LogP contribution >= 0.6 is 11.8 Å². The van der Waals surface area contributed by atoms with E-state index in [1.807, 2.05) is 42.7 Å². The molecule has 0 fully saturated rings. The third-order valence-corrected chi connectivity index (χ3v) is 6.29. The summed E-state index contributed by atoms with van der Waals surface area (Å²) in [6.45, 7) is 4.69. The molecule has 0 aliphatic heterocycles. The van der Waals surface area contributed by atoms with E-state index < -0.39 is 0 Å². The van der Waals surface area contributed by atoms with Gasteiger partial charge in [-0.3, -0.25) is 9.59 Å². The molecular formula is C26H31N5O5S. The lowest BCUT2D eigenvalue weighted by Crippen LogP contribution is -2.22. The Labute approximate surface area is 220 Å². The fraction of sp³-hybridized carbons (Fsp3) is 0.308. The number of methoxy groups -OCH3 is 3. The molecule has 37 heavy (non-hydrogen) atoms. The third kappa shape index (κ3) is 7.50. The Morgan fingerprint density at radius 1 is 1.00 bits per heavy atom. The number of nitrogens with zero attached hydrogens (tertiary/aromatic N) is 3. The van der Waals surface area contributed by atoms with Gasteiger partial charge in [-0.05, 0) is 55.3 Å². The van der Waals surface area contributed by atoms with Gasteiger partial charge in [0, 0.05) is 12.6 Å². The number of benzene rings is 2. The highest BCUT2D eigenvalue weighted by atomic mass is 32.2. The topological polar surface area (TPSA) is 117 Å². The maximum absolute atomic E-state index is 12.5. The summed E-state index contributed by atoms with van der Waals surface area (Å²) in [6.07, 6.45) is 3.12. The highest BCUT2D eigenvalue weighted by molar-refractivity contribution is 7.99. The SMILES string of the molecule is CCn1c(CNC(=O)/C=C/c2ccc(OC)c(OC)c2)nnc1SCC(=O)Nc1cc(C)ccc1OC. The molecule has 10 nitrogen and oxygen atoms in total. The normalized spacial score (nSPS) is 10.8. The molecule has 0 aliphatic carbocycles. The number of aromatic nitrogens is 3. The number of rotatable bonds is 12. The van der Waals surface area contributed by atoms with Crippen LogP contribution in [0.5, 0.6) is 17.2 Å². The second-order valence-electron chi connectivity index (χ2n) is 7.85. The summed E-state index contributed by atoms with van der Waals surface area (Å²) in [5, 5.41) is 14.7. The molecule has 3 aromatic rings. The summed E-state index contributed by atoms with van der Waals surface area (Å²) in [5.74, 6) is 2.07. The molecule has 0 saturated carbocycles. The van der Waals surface area contributed by atoms with Gasteiger partial charge >= 0.3 is 0 Å². The predicted octanol–water partition coefficient (Wildman–Crippen LogP) is 3.69. The molecule has 0 atom stereocenters. The zero-order chi connectivity index (χ0) is 26.8. The van der Waals surface area contributed by atoms with Crippen LogP contribution in [0.4, 0.5) is 5.69 Å². The van der Waals surface area contributed by atoms with E-state index in [1.54, 1.807) is 39.5 Å². The van der Waals surface area contributed by atoms with Gasteiger partial charge in [0.2, 0.25) is 11.8 Å². The van der Waals surface area contributed by atoms with Crippen LogP contribution in [0.25, 0.3) is 6.08 Å². The van der Waals surface area contributed by atoms with E-state index in [9.17, 15) is 9.59 Å². The Morgan fingerprint density at radius 3 is 2.43 bits per heavy atom. The second-order valence-corrected chi connectivity index (χ2v) is 8.79. The van der Waals surface area contributed by atoms with Crippen LogP contribution in [0.2, 0.25) is 0 Å². The molecule has 0 spiro atoms. The number of thioether (sulfide) groups is 1. The number of anilines is 1. The first-order valence-electron chi connectivity index (χ1n) is 11.6. The fourth-order valence-corrected chi connectivity index (χ4v) is 4.28. The Hall–Kier alpha value is -3.99. The van der Waals surface area contributed by atoms with E-state index in [4.69, 9.17) is 14.2 Å². The Bertz CT molecular complexity index is 1270. The van der Waals surface area contributed by atoms with Gasteiger partial charge in [-0.1, -0.05) is 23.9 Å². The first kappa shape index (κ1) is 27.6. The summed E-state index contributed by atoms with van der Waals surface area (Å²) in [5.41, 5.74) is 2.43. The van der Waals surface area contributed by atoms with Crippen LogP contribution in [0.15, 0.2) is 47.6 Å². The van der Waals surface area contributed by atoms with Crippen molar-refractivity contribution in [3.63, 3.8) is 0 Å². The maximum atomic E-state index is 12.5. The monoisotopic (exact) mass is 525 g/mol. The maximum Gasteiger partial charge on any atom is 0.244 e.